The number of carboxylic acid groups (broad SMARTS) is 1. The summed E-state index contributed by atoms with van der Waals surface area (Å²) in [7, 11) is 0. The van der Waals surface area contributed by atoms with Crippen LogP contribution in [-0.4, -0.2) is 27.0 Å². The zero-order valence-corrected chi connectivity index (χ0v) is 17.0. The number of aromatic nitrogens is 1. The van der Waals surface area contributed by atoms with Crippen molar-refractivity contribution in [2.45, 2.75) is 12.5 Å². The van der Waals surface area contributed by atoms with Gasteiger partial charge in [0.1, 0.15) is 6.04 Å². The molecule has 158 valence electrons. The van der Waals surface area contributed by atoms with Gasteiger partial charge in [0.05, 0.1) is 21.6 Å². The summed E-state index contributed by atoms with van der Waals surface area (Å²) in [5.41, 5.74) is 9.22. The van der Waals surface area contributed by atoms with Gasteiger partial charge in [0.25, 0.3) is 5.69 Å². The predicted octanol–water partition coefficient (Wildman–Crippen LogP) is 4.42. The molecule has 4 rings (SSSR count). The van der Waals surface area contributed by atoms with E-state index in [0.717, 1.165) is 33.2 Å². The molecule has 1 heterocycles. The molecule has 1 atom stereocenters. The minimum Gasteiger partial charge on any atom is -0.480 e. The molecule has 0 aliphatic rings. The number of hydrogen-bond acceptors (Lipinski definition) is 6. The van der Waals surface area contributed by atoms with E-state index in [4.69, 9.17) is 10.8 Å². The second-order valence-corrected chi connectivity index (χ2v) is 6.93. The van der Waals surface area contributed by atoms with Crippen molar-refractivity contribution in [2.24, 2.45) is 5.73 Å². The number of anilines is 2. The second kappa shape index (κ2) is 8.95. The lowest BCUT2D eigenvalue weighted by Gasteiger charge is -2.14. The summed E-state index contributed by atoms with van der Waals surface area (Å²) in [5.74, 6) is -1.04. The molecule has 4 aromatic rings. The Morgan fingerprint density at radius 3 is 2.42 bits per heavy atom. The second-order valence-electron chi connectivity index (χ2n) is 6.93. The first-order valence-electron chi connectivity index (χ1n) is 9.23. The molecular weight excluding hydrogens is 420 g/mol. The van der Waals surface area contributed by atoms with Gasteiger partial charge in [0, 0.05) is 28.6 Å². The Morgan fingerprint density at radius 2 is 1.74 bits per heavy atom. The van der Waals surface area contributed by atoms with Gasteiger partial charge in [-0.15, -0.1) is 12.4 Å². The summed E-state index contributed by atoms with van der Waals surface area (Å²) in [5, 5.41) is 25.1. The highest BCUT2D eigenvalue weighted by Crippen LogP contribution is 2.34. The number of nitrogens with one attached hydrogen (secondary N) is 1. The topological polar surface area (TPSA) is 131 Å². The average molecular weight is 439 g/mol. The molecular formula is C22H19ClN4O4. The van der Waals surface area contributed by atoms with E-state index in [0.29, 0.717) is 5.52 Å². The standard InChI is InChI=1S/C22H18N4O4.ClH/c23-18(22(27)28)11-13-5-7-14(8-6-13)24-21-16-3-1-2-4-19(16)25-20-12-15(26(29)30)9-10-17(20)21;/h1-10,12,18H,11,23H2,(H,24,25)(H,27,28);1H/t18-;/m0./s1. The van der Waals surface area contributed by atoms with Gasteiger partial charge in [-0.2, -0.15) is 0 Å². The van der Waals surface area contributed by atoms with Crippen LogP contribution in [0.4, 0.5) is 17.1 Å². The smallest absolute Gasteiger partial charge is 0.320 e. The number of nitro groups is 1. The summed E-state index contributed by atoms with van der Waals surface area (Å²) in [4.78, 5) is 26.2. The monoisotopic (exact) mass is 438 g/mol. The largest absolute Gasteiger partial charge is 0.480 e. The molecule has 0 saturated carbocycles. The van der Waals surface area contributed by atoms with Crippen molar-refractivity contribution in [3.8, 4) is 0 Å². The van der Waals surface area contributed by atoms with Gasteiger partial charge in [0.2, 0.25) is 0 Å². The molecule has 31 heavy (non-hydrogen) atoms. The molecule has 3 aromatic carbocycles. The molecule has 4 N–H and O–H groups in total. The summed E-state index contributed by atoms with van der Waals surface area (Å²) in [6, 6.07) is 18.6. The molecule has 0 spiro atoms. The van der Waals surface area contributed by atoms with Gasteiger partial charge in [-0.25, -0.2) is 4.98 Å². The lowest BCUT2D eigenvalue weighted by Crippen LogP contribution is -2.32. The number of carboxylic acids is 1. The number of benzene rings is 3. The van der Waals surface area contributed by atoms with Gasteiger partial charge in [0.15, 0.2) is 0 Å². The van der Waals surface area contributed by atoms with Crippen molar-refractivity contribution < 1.29 is 14.8 Å². The molecule has 0 unspecified atom stereocenters. The number of non-ortho nitro benzene ring substituents is 1. The fraction of sp³-hybridized carbons (Fsp3) is 0.0909. The number of hydrogen-bond donors (Lipinski definition) is 3. The molecule has 0 radical (unpaired) electrons. The quantitative estimate of drug-likeness (QED) is 0.230. The minimum absolute atomic E-state index is 0. The molecule has 0 bridgehead atoms. The highest BCUT2D eigenvalue weighted by atomic mass is 35.5. The number of halogens is 1. The molecule has 9 heteroatoms. The van der Waals surface area contributed by atoms with E-state index < -0.39 is 16.9 Å². The number of nitrogens with two attached hydrogens (primary N) is 1. The van der Waals surface area contributed by atoms with Crippen molar-refractivity contribution in [2.75, 3.05) is 5.32 Å². The van der Waals surface area contributed by atoms with E-state index in [1.165, 1.54) is 12.1 Å². The van der Waals surface area contributed by atoms with Crippen LogP contribution >= 0.6 is 12.4 Å². The van der Waals surface area contributed by atoms with E-state index in [-0.39, 0.29) is 24.5 Å². The molecule has 0 saturated heterocycles. The number of pyridine rings is 1. The van der Waals surface area contributed by atoms with Gasteiger partial charge in [-0.3, -0.25) is 14.9 Å². The lowest BCUT2D eigenvalue weighted by atomic mass is 10.0. The fourth-order valence-corrected chi connectivity index (χ4v) is 3.34. The van der Waals surface area contributed by atoms with Crippen molar-refractivity contribution in [3.05, 3.63) is 82.4 Å². The van der Waals surface area contributed by atoms with Gasteiger partial charge < -0.3 is 16.2 Å². The summed E-state index contributed by atoms with van der Waals surface area (Å²) < 4.78 is 0. The third-order valence-electron chi connectivity index (χ3n) is 4.87. The first-order valence-corrected chi connectivity index (χ1v) is 9.23. The third kappa shape index (κ3) is 4.55. The number of fused-ring (bicyclic) bond motifs is 2. The SMILES string of the molecule is Cl.N[C@@H](Cc1ccc(Nc2c3ccccc3nc3cc([N+](=O)[O-])ccc23)cc1)C(=O)O. The summed E-state index contributed by atoms with van der Waals surface area (Å²) >= 11 is 0. The Morgan fingerprint density at radius 1 is 1.06 bits per heavy atom. The van der Waals surface area contributed by atoms with Crippen molar-refractivity contribution in [1.29, 1.82) is 0 Å². The van der Waals surface area contributed by atoms with E-state index in [1.54, 1.807) is 6.07 Å². The van der Waals surface area contributed by atoms with Crippen LogP contribution in [0.25, 0.3) is 21.8 Å². The highest BCUT2D eigenvalue weighted by molar-refractivity contribution is 6.09. The number of carbonyl (C=O) groups is 1. The zero-order chi connectivity index (χ0) is 21.3. The van der Waals surface area contributed by atoms with Crippen LogP contribution in [0.15, 0.2) is 66.7 Å². The van der Waals surface area contributed by atoms with Crippen LogP contribution in [0, 0.1) is 10.1 Å². The maximum Gasteiger partial charge on any atom is 0.320 e. The van der Waals surface area contributed by atoms with Crippen LogP contribution in [0.1, 0.15) is 5.56 Å². The van der Waals surface area contributed by atoms with E-state index in [9.17, 15) is 14.9 Å². The average Bonchev–Trinajstić information content (AvgIpc) is 2.74. The van der Waals surface area contributed by atoms with Gasteiger partial charge in [-0.1, -0.05) is 30.3 Å². The Kier molecular flexibility index (Phi) is 6.33. The normalized spacial score (nSPS) is 11.6. The highest BCUT2D eigenvalue weighted by Gasteiger charge is 2.14. The van der Waals surface area contributed by atoms with Gasteiger partial charge >= 0.3 is 5.97 Å². The first kappa shape index (κ1) is 21.9. The Hall–Kier alpha value is -3.75. The van der Waals surface area contributed by atoms with E-state index >= 15 is 0 Å². The number of aliphatic carboxylic acids is 1. The van der Waals surface area contributed by atoms with Crippen molar-refractivity contribution >= 4 is 57.2 Å². The van der Waals surface area contributed by atoms with E-state index in [1.807, 2.05) is 48.5 Å². The van der Waals surface area contributed by atoms with Crippen molar-refractivity contribution in [1.82, 2.24) is 4.98 Å². The minimum atomic E-state index is -1.04. The van der Waals surface area contributed by atoms with Crippen LogP contribution in [-0.2, 0) is 11.2 Å². The zero-order valence-electron chi connectivity index (χ0n) is 16.2. The maximum absolute atomic E-state index is 11.2. The molecule has 0 fully saturated rings. The Bertz CT molecular complexity index is 1280. The van der Waals surface area contributed by atoms with Crippen LogP contribution in [0.3, 0.4) is 0 Å². The van der Waals surface area contributed by atoms with Crippen LogP contribution in [0.5, 0.6) is 0 Å². The maximum atomic E-state index is 11.2. The Balaban J connectivity index is 0.00000272. The third-order valence-corrected chi connectivity index (χ3v) is 4.87. The number of rotatable bonds is 6. The number of para-hydroxylation sites is 1. The summed E-state index contributed by atoms with van der Waals surface area (Å²) in [6.45, 7) is 0. The molecule has 0 aliphatic heterocycles. The predicted molar refractivity (Wildman–Crippen MR) is 122 cm³/mol. The van der Waals surface area contributed by atoms with Crippen LogP contribution in [0.2, 0.25) is 0 Å². The molecule has 0 amide bonds. The van der Waals surface area contributed by atoms with Gasteiger partial charge in [-0.05, 0) is 36.2 Å². The lowest BCUT2D eigenvalue weighted by molar-refractivity contribution is -0.384. The van der Waals surface area contributed by atoms with Crippen molar-refractivity contribution in [3.63, 3.8) is 0 Å². The molecule has 8 nitrogen and oxygen atoms in total. The number of nitrogens with zero attached hydrogens (tertiary/aromatic N) is 2. The molecule has 1 aromatic heterocycles. The van der Waals surface area contributed by atoms with E-state index in [2.05, 4.69) is 10.3 Å². The Labute approximate surface area is 183 Å². The number of nitro benzene ring substituents is 1. The summed E-state index contributed by atoms with van der Waals surface area (Å²) in [6.07, 6.45) is 0.237. The van der Waals surface area contributed by atoms with Crippen LogP contribution < -0.4 is 11.1 Å². The fourth-order valence-electron chi connectivity index (χ4n) is 3.34. The molecule has 0 aliphatic carbocycles. The first-order chi connectivity index (χ1) is 14.4.